The van der Waals surface area contributed by atoms with Crippen molar-refractivity contribution in [3.05, 3.63) is 198 Å². The number of fused-ring (bicyclic) bond motifs is 13. The summed E-state index contributed by atoms with van der Waals surface area (Å²) in [5.74, 6) is 0. The predicted molar refractivity (Wildman–Crippen MR) is 241 cm³/mol. The van der Waals surface area contributed by atoms with Gasteiger partial charge in [0.2, 0.25) is 0 Å². The van der Waals surface area contributed by atoms with Crippen LogP contribution in [0.4, 0.5) is 11.4 Å². The zero-order chi connectivity index (χ0) is 38.2. The molecule has 7 aromatic carbocycles. The maximum atomic E-state index is 4.31. The van der Waals surface area contributed by atoms with E-state index in [1.54, 1.807) is 0 Å². The van der Waals surface area contributed by atoms with E-state index in [9.17, 15) is 0 Å². The summed E-state index contributed by atoms with van der Waals surface area (Å²) in [6.07, 6.45) is 14.9. The van der Waals surface area contributed by atoms with Gasteiger partial charge in [-0.2, -0.15) is 0 Å². The van der Waals surface area contributed by atoms with Crippen molar-refractivity contribution in [1.82, 2.24) is 0 Å². The van der Waals surface area contributed by atoms with Gasteiger partial charge in [-0.1, -0.05) is 162 Å². The zero-order valence-electron chi connectivity index (χ0n) is 32.8. The molecule has 0 aromatic heterocycles. The van der Waals surface area contributed by atoms with Crippen LogP contribution in [0.5, 0.6) is 0 Å². The van der Waals surface area contributed by atoms with Gasteiger partial charge in [0.15, 0.2) is 0 Å². The highest BCUT2D eigenvalue weighted by Crippen LogP contribution is 2.57. The Hall–Kier alpha value is -6.18. The SMILES string of the molecule is C=C/C=C(\C=C/C)N(c1ccc2c3c(c4ccccc4c2c1)C(/C=C\C)=C(C=C)C3(C)C)c1cc2c(c3ccccc13)-c1ccc3ccccc3c1C2(C)C. The van der Waals surface area contributed by atoms with E-state index in [-0.39, 0.29) is 10.8 Å². The first-order valence-corrected chi connectivity index (χ1v) is 19.5. The molecule has 0 aliphatic heterocycles. The average molecular weight is 710 g/mol. The molecule has 0 atom stereocenters. The molecule has 0 saturated carbocycles. The maximum absolute atomic E-state index is 4.31. The molecule has 1 nitrogen and oxygen atoms in total. The minimum absolute atomic E-state index is 0.213. The van der Waals surface area contributed by atoms with Gasteiger partial charge in [0.1, 0.15) is 0 Å². The topological polar surface area (TPSA) is 3.24 Å². The predicted octanol–water partition coefficient (Wildman–Crippen LogP) is 15.2. The molecule has 7 aromatic rings. The number of hydrogen-bond donors (Lipinski definition) is 0. The molecule has 55 heavy (non-hydrogen) atoms. The minimum Gasteiger partial charge on any atom is -0.310 e. The Balaban J connectivity index is 1.37. The second-order valence-electron chi connectivity index (χ2n) is 16.0. The van der Waals surface area contributed by atoms with E-state index in [1.807, 2.05) is 6.08 Å². The van der Waals surface area contributed by atoms with Gasteiger partial charge in [-0.05, 0) is 126 Å². The number of allylic oxidation sites excluding steroid dienone is 9. The minimum atomic E-state index is -0.217. The van der Waals surface area contributed by atoms with Crippen LogP contribution >= 0.6 is 0 Å². The average Bonchev–Trinajstić information content (AvgIpc) is 3.57. The summed E-state index contributed by atoms with van der Waals surface area (Å²) in [6, 6.07) is 41.0. The van der Waals surface area contributed by atoms with Crippen molar-refractivity contribution >= 4 is 60.0 Å². The van der Waals surface area contributed by atoms with Crippen molar-refractivity contribution in [3.8, 4) is 11.1 Å². The van der Waals surface area contributed by atoms with E-state index < -0.39 is 0 Å². The molecule has 0 spiro atoms. The van der Waals surface area contributed by atoms with Crippen molar-refractivity contribution in [2.75, 3.05) is 4.90 Å². The van der Waals surface area contributed by atoms with Crippen LogP contribution in [0.25, 0.3) is 59.8 Å². The first-order chi connectivity index (χ1) is 26.7. The Morgan fingerprint density at radius 3 is 1.96 bits per heavy atom. The highest BCUT2D eigenvalue weighted by atomic mass is 15.1. The first-order valence-electron chi connectivity index (χ1n) is 19.5. The maximum Gasteiger partial charge on any atom is 0.0543 e. The highest BCUT2D eigenvalue weighted by Gasteiger charge is 2.40. The normalized spacial score (nSPS) is 15.8. The van der Waals surface area contributed by atoms with Gasteiger partial charge in [0.05, 0.1) is 5.69 Å². The standard InChI is InChI=1S/C54H47N/c1-9-19-35(20-10-2)55(36-29-31-42-45(32-36)38-24-15-17-26-40(38)50-43(21-11-3)46(12-4)53(5,6)52(42)50)48-33-47-49(41-27-18-16-25-39(41)48)44-30-28-34-22-13-14-23-37(34)51(44)54(47,7)8/h9-33H,1,4H2,2-3,5-8H3/b20-10-,21-11-,35-19+. The van der Waals surface area contributed by atoms with Crippen LogP contribution in [0, 0.1) is 0 Å². The molecule has 0 radical (unpaired) electrons. The summed E-state index contributed by atoms with van der Waals surface area (Å²) in [5, 5.41) is 10.2. The fraction of sp³-hybridized carbons (Fsp3) is 0.148. The summed E-state index contributed by atoms with van der Waals surface area (Å²) in [5.41, 5.74) is 13.6. The van der Waals surface area contributed by atoms with Gasteiger partial charge >= 0.3 is 0 Å². The molecular formula is C54H47N. The molecule has 268 valence electrons. The molecular weight excluding hydrogens is 663 g/mol. The summed E-state index contributed by atoms with van der Waals surface area (Å²) in [6.45, 7) is 22.2. The van der Waals surface area contributed by atoms with Crippen molar-refractivity contribution in [2.45, 2.75) is 52.4 Å². The van der Waals surface area contributed by atoms with Gasteiger partial charge in [0.25, 0.3) is 0 Å². The summed E-state index contributed by atoms with van der Waals surface area (Å²) in [7, 11) is 0. The lowest BCUT2D eigenvalue weighted by Crippen LogP contribution is -2.19. The zero-order valence-corrected chi connectivity index (χ0v) is 32.8. The Bertz CT molecular complexity index is 2920. The van der Waals surface area contributed by atoms with Gasteiger partial charge in [-0.15, -0.1) is 0 Å². The van der Waals surface area contributed by atoms with Gasteiger partial charge in [-0.25, -0.2) is 0 Å². The molecule has 0 fully saturated rings. The summed E-state index contributed by atoms with van der Waals surface area (Å²) in [4.78, 5) is 2.45. The Kier molecular flexibility index (Phi) is 7.99. The fourth-order valence-corrected chi connectivity index (χ4v) is 10.1. The lowest BCUT2D eigenvalue weighted by molar-refractivity contribution is 0.661. The highest BCUT2D eigenvalue weighted by molar-refractivity contribution is 6.18. The molecule has 2 aliphatic rings. The largest absolute Gasteiger partial charge is 0.310 e. The van der Waals surface area contributed by atoms with E-state index in [4.69, 9.17) is 0 Å². The van der Waals surface area contributed by atoms with Crippen LogP contribution in [0.1, 0.15) is 63.8 Å². The van der Waals surface area contributed by atoms with Crippen LogP contribution in [0.15, 0.2) is 176 Å². The van der Waals surface area contributed by atoms with E-state index in [0.29, 0.717) is 0 Å². The lowest BCUT2D eigenvalue weighted by atomic mass is 9.78. The third-order valence-corrected chi connectivity index (χ3v) is 12.3. The summed E-state index contributed by atoms with van der Waals surface area (Å²) < 4.78 is 0. The molecule has 1 heteroatoms. The van der Waals surface area contributed by atoms with Gasteiger partial charge in [-0.3, -0.25) is 0 Å². The van der Waals surface area contributed by atoms with E-state index in [1.165, 1.54) is 87.6 Å². The Morgan fingerprint density at radius 2 is 1.27 bits per heavy atom. The lowest BCUT2D eigenvalue weighted by Gasteiger charge is -2.31. The molecule has 0 unspecified atom stereocenters. The van der Waals surface area contributed by atoms with E-state index >= 15 is 0 Å². The third-order valence-electron chi connectivity index (χ3n) is 12.3. The quantitative estimate of drug-likeness (QED) is 0.118. The Morgan fingerprint density at radius 1 is 0.600 bits per heavy atom. The summed E-state index contributed by atoms with van der Waals surface area (Å²) >= 11 is 0. The van der Waals surface area contributed by atoms with Crippen molar-refractivity contribution in [3.63, 3.8) is 0 Å². The smallest absolute Gasteiger partial charge is 0.0543 e. The number of rotatable bonds is 7. The third kappa shape index (κ3) is 4.85. The first kappa shape index (κ1) is 34.6. The van der Waals surface area contributed by atoms with Crippen molar-refractivity contribution in [1.29, 1.82) is 0 Å². The van der Waals surface area contributed by atoms with Crippen LogP contribution < -0.4 is 4.90 Å². The van der Waals surface area contributed by atoms with Crippen LogP contribution in [-0.4, -0.2) is 0 Å². The number of hydrogen-bond acceptors (Lipinski definition) is 1. The van der Waals surface area contributed by atoms with Crippen molar-refractivity contribution in [2.24, 2.45) is 0 Å². The number of benzene rings is 7. The molecule has 0 amide bonds. The van der Waals surface area contributed by atoms with Crippen molar-refractivity contribution < 1.29 is 0 Å². The molecule has 0 heterocycles. The Labute approximate surface area is 325 Å². The number of nitrogens with zero attached hydrogens (tertiary/aromatic N) is 1. The monoisotopic (exact) mass is 709 g/mol. The molecule has 9 rings (SSSR count). The van der Waals surface area contributed by atoms with Gasteiger partial charge in [0, 0.05) is 27.6 Å². The van der Waals surface area contributed by atoms with E-state index in [0.717, 1.165) is 17.1 Å². The second-order valence-corrected chi connectivity index (χ2v) is 16.0. The fourth-order valence-electron chi connectivity index (χ4n) is 10.1. The van der Waals surface area contributed by atoms with Crippen LogP contribution in [-0.2, 0) is 10.8 Å². The second kappa shape index (κ2) is 12.7. The molecule has 0 N–H and O–H groups in total. The van der Waals surface area contributed by atoms with Gasteiger partial charge < -0.3 is 4.90 Å². The molecule has 0 bridgehead atoms. The number of anilines is 2. The van der Waals surface area contributed by atoms with Crippen LogP contribution in [0.3, 0.4) is 0 Å². The molecule has 0 saturated heterocycles. The van der Waals surface area contributed by atoms with Crippen LogP contribution in [0.2, 0.25) is 0 Å². The molecule has 2 aliphatic carbocycles. The van der Waals surface area contributed by atoms with E-state index in [2.05, 4.69) is 205 Å².